The van der Waals surface area contributed by atoms with Crippen LogP contribution in [-0.2, 0) is 11.3 Å². The van der Waals surface area contributed by atoms with Gasteiger partial charge in [0.15, 0.2) is 0 Å². The van der Waals surface area contributed by atoms with Crippen molar-refractivity contribution in [3.63, 3.8) is 0 Å². The van der Waals surface area contributed by atoms with Crippen LogP contribution in [0, 0.1) is 13.8 Å². The quantitative estimate of drug-likeness (QED) is 0.642. The number of likely N-dealkylation sites (tertiary alicyclic amines) is 1. The summed E-state index contributed by atoms with van der Waals surface area (Å²) in [5, 5.41) is 3.19. The van der Waals surface area contributed by atoms with Gasteiger partial charge in [0.1, 0.15) is 5.82 Å². The number of amides is 1. The lowest BCUT2D eigenvalue weighted by Crippen LogP contribution is -2.31. The molecular weight excluding hydrogens is 390 g/mol. The molecule has 0 bridgehead atoms. The van der Waals surface area contributed by atoms with E-state index in [1.54, 1.807) is 7.11 Å². The Morgan fingerprint density at radius 3 is 2.55 bits per heavy atom. The summed E-state index contributed by atoms with van der Waals surface area (Å²) in [6.07, 6.45) is 1.85. The van der Waals surface area contributed by atoms with Crippen LogP contribution in [0.5, 0.6) is 0 Å². The summed E-state index contributed by atoms with van der Waals surface area (Å²) in [5.74, 6) is 1.23. The van der Waals surface area contributed by atoms with Gasteiger partial charge in [-0.05, 0) is 62.6 Å². The number of methoxy groups -OCH3 is 1. The van der Waals surface area contributed by atoms with Crippen molar-refractivity contribution in [2.45, 2.75) is 39.3 Å². The molecule has 3 heterocycles. The average Bonchev–Trinajstić information content (AvgIpc) is 3.23. The van der Waals surface area contributed by atoms with Crippen LogP contribution in [0.3, 0.4) is 0 Å². The van der Waals surface area contributed by atoms with E-state index in [2.05, 4.69) is 15.3 Å². The van der Waals surface area contributed by atoms with Crippen molar-refractivity contribution in [1.82, 2.24) is 19.9 Å². The minimum Gasteiger partial charge on any atom is -0.380 e. The van der Waals surface area contributed by atoms with Gasteiger partial charge in [0, 0.05) is 30.6 Å². The molecule has 7 heteroatoms. The van der Waals surface area contributed by atoms with E-state index in [0.29, 0.717) is 23.9 Å². The van der Waals surface area contributed by atoms with Crippen LogP contribution in [0.4, 0.5) is 11.8 Å². The largest absolute Gasteiger partial charge is 0.380 e. The fourth-order valence-electron chi connectivity index (χ4n) is 4.00. The normalized spacial score (nSPS) is 15.8. The summed E-state index contributed by atoms with van der Waals surface area (Å²) in [6.45, 7) is 5.14. The number of anilines is 2. The molecule has 1 aromatic carbocycles. The van der Waals surface area contributed by atoms with E-state index in [4.69, 9.17) is 9.72 Å². The summed E-state index contributed by atoms with van der Waals surface area (Å²) < 4.78 is 5.15. The number of rotatable bonds is 6. The van der Waals surface area contributed by atoms with Crippen LogP contribution in [-0.4, -0.2) is 39.4 Å². The van der Waals surface area contributed by atoms with E-state index in [-0.39, 0.29) is 11.9 Å². The molecular formula is C24H27N5O2. The first-order valence-corrected chi connectivity index (χ1v) is 10.5. The Balaban J connectivity index is 1.53. The molecule has 1 atom stereocenters. The second kappa shape index (κ2) is 9.22. The Morgan fingerprint density at radius 1 is 1.10 bits per heavy atom. The molecule has 7 nitrogen and oxygen atoms in total. The number of ether oxygens (including phenoxy) is 1. The van der Waals surface area contributed by atoms with E-state index < -0.39 is 0 Å². The van der Waals surface area contributed by atoms with Gasteiger partial charge in [-0.1, -0.05) is 18.2 Å². The zero-order valence-corrected chi connectivity index (χ0v) is 18.1. The topological polar surface area (TPSA) is 80.2 Å². The van der Waals surface area contributed by atoms with Crippen molar-refractivity contribution in [1.29, 1.82) is 0 Å². The molecule has 1 saturated heterocycles. The summed E-state index contributed by atoms with van der Waals surface area (Å²) in [5.41, 5.74) is 4.40. The second-order valence-electron chi connectivity index (χ2n) is 7.83. The standard InChI is InChI=1S/C24H27N5O2/c1-16-14-17(2)26-24(25-16)28-22-8-4-6-20(27-22)21-7-5-13-29(21)23(30)19-11-9-18(10-12-19)15-31-3/h4,6,8-12,14,21H,5,7,13,15H2,1-3H3,(H,25,26,27,28)/t21-/m0/s1. The van der Waals surface area contributed by atoms with Gasteiger partial charge in [0.2, 0.25) is 5.95 Å². The van der Waals surface area contributed by atoms with Crippen molar-refractivity contribution >= 4 is 17.7 Å². The number of nitrogens with one attached hydrogen (secondary N) is 1. The van der Waals surface area contributed by atoms with Crippen LogP contribution >= 0.6 is 0 Å². The third kappa shape index (κ3) is 4.88. The third-order valence-corrected chi connectivity index (χ3v) is 5.36. The molecule has 160 valence electrons. The van der Waals surface area contributed by atoms with Gasteiger partial charge in [0.05, 0.1) is 18.3 Å². The van der Waals surface area contributed by atoms with Crippen molar-refractivity contribution in [2.24, 2.45) is 0 Å². The lowest BCUT2D eigenvalue weighted by atomic mass is 10.1. The van der Waals surface area contributed by atoms with Crippen LogP contribution in [0.1, 0.15) is 51.9 Å². The molecule has 2 aromatic heterocycles. The average molecular weight is 418 g/mol. The van der Waals surface area contributed by atoms with Crippen molar-refractivity contribution in [2.75, 3.05) is 19.0 Å². The van der Waals surface area contributed by atoms with Gasteiger partial charge in [-0.15, -0.1) is 0 Å². The maximum absolute atomic E-state index is 13.2. The van der Waals surface area contributed by atoms with Crippen LogP contribution in [0.25, 0.3) is 0 Å². The van der Waals surface area contributed by atoms with E-state index in [0.717, 1.165) is 42.0 Å². The number of nitrogens with zero attached hydrogens (tertiary/aromatic N) is 4. The number of carbonyl (C=O) groups excluding carboxylic acids is 1. The van der Waals surface area contributed by atoms with E-state index in [1.807, 2.05) is 67.3 Å². The number of hydrogen-bond donors (Lipinski definition) is 1. The molecule has 0 aliphatic carbocycles. The maximum Gasteiger partial charge on any atom is 0.254 e. The van der Waals surface area contributed by atoms with E-state index in [9.17, 15) is 4.79 Å². The predicted molar refractivity (Wildman–Crippen MR) is 119 cm³/mol. The Bertz CT molecular complexity index is 1050. The number of benzene rings is 1. The van der Waals surface area contributed by atoms with Gasteiger partial charge in [-0.2, -0.15) is 0 Å². The Kier molecular flexibility index (Phi) is 6.23. The Morgan fingerprint density at radius 2 is 1.84 bits per heavy atom. The SMILES string of the molecule is COCc1ccc(C(=O)N2CCC[C@H]2c2cccc(Nc3nc(C)cc(C)n3)n2)cc1. The molecule has 0 spiro atoms. The minimum absolute atomic E-state index is 0.0317. The van der Waals surface area contributed by atoms with Crippen molar-refractivity contribution in [3.8, 4) is 0 Å². The predicted octanol–water partition coefficient (Wildman–Crippen LogP) is 4.36. The van der Waals surface area contributed by atoms with Gasteiger partial charge in [-0.3, -0.25) is 4.79 Å². The number of pyridine rings is 1. The Labute approximate surface area is 182 Å². The summed E-state index contributed by atoms with van der Waals surface area (Å²) >= 11 is 0. The van der Waals surface area contributed by atoms with Crippen molar-refractivity contribution < 1.29 is 9.53 Å². The zero-order valence-electron chi connectivity index (χ0n) is 18.1. The van der Waals surface area contributed by atoms with E-state index in [1.165, 1.54) is 0 Å². The minimum atomic E-state index is -0.0481. The van der Waals surface area contributed by atoms with Gasteiger partial charge >= 0.3 is 0 Å². The molecule has 1 N–H and O–H groups in total. The van der Waals surface area contributed by atoms with Gasteiger partial charge in [-0.25, -0.2) is 15.0 Å². The summed E-state index contributed by atoms with van der Waals surface area (Å²) in [6, 6.07) is 15.3. The highest BCUT2D eigenvalue weighted by atomic mass is 16.5. The molecule has 0 saturated carbocycles. The maximum atomic E-state index is 13.2. The Hall–Kier alpha value is -3.32. The molecule has 4 rings (SSSR count). The number of aryl methyl sites for hydroxylation is 2. The third-order valence-electron chi connectivity index (χ3n) is 5.36. The smallest absolute Gasteiger partial charge is 0.254 e. The van der Waals surface area contributed by atoms with Crippen molar-refractivity contribution in [3.05, 3.63) is 76.7 Å². The summed E-state index contributed by atoms with van der Waals surface area (Å²) in [7, 11) is 1.66. The fraction of sp³-hybridized carbons (Fsp3) is 0.333. The van der Waals surface area contributed by atoms with Gasteiger partial charge < -0.3 is 15.0 Å². The first kappa shape index (κ1) is 20.9. The van der Waals surface area contributed by atoms with Crippen LogP contribution < -0.4 is 5.32 Å². The molecule has 1 aliphatic rings. The zero-order chi connectivity index (χ0) is 21.8. The fourth-order valence-corrected chi connectivity index (χ4v) is 4.00. The molecule has 31 heavy (non-hydrogen) atoms. The van der Waals surface area contributed by atoms with Gasteiger partial charge in [0.25, 0.3) is 5.91 Å². The lowest BCUT2D eigenvalue weighted by Gasteiger charge is -2.25. The first-order valence-electron chi connectivity index (χ1n) is 10.5. The molecule has 3 aromatic rings. The highest BCUT2D eigenvalue weighted by Gasteiger charge is 2.31. The summed E-state index contributed by atoms with van der Waals surface area (Å²) in [4.78, 5) is 28.7. The molecule has 0 radical (unpaired) electrons. The number of carbonyl (C=O) groups is 1. The van der Waals surface area contributed by atoms with Crippen LogP contribution in [0.2, 0.25) is 0 Å². The molecule has 1 fully saturated rings. The highest BCUT2D eigenvalue weighted by Crippen LogP contribution is 2.33. The molecule has 1 aliphatic heterocycles. The van der Waals surface area contributed by atoms with E-state index >= 15 is 0 Å². The molecule has 1 amide bonds. The lowest BCUT2D eigenvalue weighted by molar-refractivity contribution is 0.0733. The van der Waals surface area contributed by atoms with Crippen LogP contribution in [0.15, 0.2) is 48.5 Å². The highest BCUT2D eigenvalue weighted by molar-refractivity contribution is 5.94. The first-order chi connectivity index (χ1) is 15.0. The number of hydrogen-bond acceptors (Lipinski definition) is 6. The monoisotopic (exact) mass is 417 g/mol. The number of aromatic nitrogens is 3. The molecule has 0 unspecified atom stereocenters. The second-order valence-corrected chi connectivity index (χ2v) is 7.83.